The Morgan fingerprint density at radius 2 is 1.90 bits per heavy atom. The Hall–Kier alpha value is -1.10. The number of nitrogens with zero attached hydrogens (tertiary/aromatic N) is 1. The van der Waals surface area contributed by atoms with Gasteiger partial charge in [0.1, 0.15) is 6.04 Å². The molecular formula is C15H29N3O2. The number of hydrogen-bond donors (Lipinski definition) is 2. The van der Waals surface area contributed by atoms with E-state index in [-0.39, 0.29) is 17.9 Å². The molecule has 1 heterocycles. The second-order valence-electron chi connectivity index (χ2n) is 5.39. The van der Waals surface area contributed by atoms with E-state index >= 15 is 0 Å². The van der Waals surface area contributed by atoms with E-state index in [1.165, 1.54) is 0 Å². The monoisotopic (exact) mass is 283 g/mol. The number of carbonyl (C=O) groups is 2. The van der Waals surface area contributed by atoms with Gasteiger partial charge < -0.3 is 15.5 Å². The number of rotatable bonds is 8. The zero-order chi connectivity index (χ0) is 14.8. The van der Waals surface area contributed by atoms with Gasteiger partial charge in [0.2, 0.25) is 11.8 Å². The van der Waals surface area contributed by atoms with Crippen molar-refractivity contribution in [1.29, 1.82) is 0 Å². The molecule has 0 aromatic heterocycles. The molecule has 0 spiro atoms. The van der Waals surface area contributed by atoms with Crippen LogP contribution in [0.4, 0.5) is 0 Å². The van der Waals surface area contributed by atoms with E-state index in [0.717, 1.165) is 51.7 Å². The molecule has 1 saturated heterocycles. The standard InChI is InChI=1S/C15H29N3O2/c1-3-7-14(19)18-12-6-5-8-13(18)15(20)17-11-10-16-9-4-2/h13,16H,3-12H2,1-2H3,(H,17,20). The van der Waals surface area contributed by atoms with Crippen molar-refractivity contribution < 1.29 is 9.59 Å². The van der Waals surface area contributed by atoms with Crippen LogP contribution in [0, 0.1) is 0 Å². The molecule has 1 fully saturated rings. The van der Waals surface area contributed by atoms with Crippen molar-refractivity contribution in [3.8, 4) is 0 Å². The van der Waals surface area contributed by atoms with Crippen molar-refractivity contribution in [1.82, 2.24) is 15.5 Å². The molecule has 1 aliphatic rings. The molecule has 1 atom stereocenters. The van der Waals surface area contributed by atoms with E-state index in [1.807, 2.05) is 6.92 Å². The molecule has 2 N–H and O–H groups in total. The minimum absolute atomic E-state index is 0.00690. The van der Waals surface area contributed by atoms with Crippen LogP contribution in [0.5, 0.6) is 0 Å². The van der Waals surface area contributed by atoms with E-state index in [1.54, 1.807) is 4.90 Å². The molecule has 0 aromatic carbocycles. The molecule has 1 rings (SSSR count). The molecule has 0 aromatic rings. The highest BCUT2D eigenvalue weighted by molar-refractivity contribution is 5.87. The molecule has 5 nitrogen and oxygen atoms in total. The lowest BCUT2D eigenvalue weighted by molar-refractivity contribution is -0.142. The maximum atomic E-state index is 12.2. The van der Waals surface area contributed by atoms with Crippen LogP contribution in [0.1, 0.15) is 52.4 Å². The lowest BCUT2D eigenvalue weighted by atomic mass is 10.0. The second-order valence-corrected chi connectivity index (χ2v) is 5.39. The van der Waals surface area contributed by atoms with Crippen LogP contribution >= 0.6 is 0 Å². The fourth-order valence-electron chi connectivity index (χ4n) is 2.55. The normalized spacial score (nSPS) is 18.9. The van der Waals surface area contributed by atoms with Crippen molar-refractivity contribution in [3.05, 3.63) is 0 Å². The minimum Gasteiger partial charge on any atom is -0.353 e. The van der Waals surface area contributed by atoms with Crippen LogP contribution in [-0.4, -0.2) is 48.9 Å². The Morgan fingerprint density at radius 1 is 1.10 bits per heavy atom. The number of likely N-dealkylation sites (tertiary alicyclic amines) is 1. The SMILES string of the molecule is CCCNCCNC(=O)C1CCCCN1C(=O)CCC. The van der Waals surface area contributed by atoms with E-state index < -0.39 is 0 Å². The first-order valence-corrected chi connectivity index (χ1v) is 7.98. The summed E-state index contributed by atoms with van der Waals surface area (Å²) in [5.74, 6) is 0.129. The van der Waals surface area contributed by atoms with Crippen molar-refractivity contribution >= 4 is 11.8 Å². The fraction of sp³-hybridized carbons (Fsp3) is 0.867. The van der Waals surface area contributed by atoms with Gasteiger partial charge in [-0.25, -0.2) is 0 Å². The van der Waals surface area contributed by atoms with Gasteiger partial charge in [0.15, 0.2) is 0 Å². The third-order valence-electron chi connectivity index (χ3n) is 3.62. The van der Waals surface area contributed by atoms with Crippen LogP contribution in [0.2, 0.25) is 0 Å². The molecule has 116 valence electrons. The molecule has 20 heavy (non-hydrogen) atoms. The topological polar surface area (TPSA) is 61.4 Å². The highest BCUT2D eigenvalue weighted by Gasteiger charge is 2.31. The van der Waals surface area contributed by atoms with Gasteiger partial charge in [-0.2, -0.15) is 0 Å². The van der Waals surface area contributed by atoms with Crippen LogP contribution in [-0.2, 0) is 9.59 Å². The molecule has 2 amide bonds. The van der Waals surface area contributed by atoms with Gasteiger partial charge in [-0.3, -0.25) is 9.59 Å². The summed E-state index contributed by atoms with van der Waals surface area (Å²) in [6, 6.07) is -0.256. The molecular weight excluding hydrogens is 254 g/mol. The summed E-state index contributed by atoms with van der Waals surface area (Å²) in [6.45, 7) is 7.23. The van der Waals surface area contributed by atoms with E-state index in [9.17, 15) is 9.59 Å². The van der Waals surface area contributed by atoms with Crippen LogP contribution in [0.3, 0.4) is 0 Å². The number of nitrogens with one attached hydrogen (secondary N) is 2. The first-order valence-electron chi connectivity index (χ1n) is 7.98. The Bertz CT molecular complexity index is 307. The summed E-state index contributed by atoms with van der Waals surface area (Å²) >= 11 is 0. The van der Waals surface area contributed by atoms with E-state index in [4.69, 9.17) is 0 Å². The number of carbonyl (C=O) groups excluding carboxylic acids is 2. The van der Waals surface area contributed by atoms with Gasteiger partial charge >= 0.3 is 0 Å². The van der Waals surface area contributed by atoms with Crippen LogP contribution < -0.4 is 10.6 Å². The zero-order valence-corrected chi connectivity index (χ0v) is 12.9. The summed E-state index contributed by atoms with van der Waals surface area (Å²) in [7, 11) is 0. The molecule has 1 unspecified atom stereocenters. The quantitative estimate of drug-likeness (QED) is 0.660. The summed E-state index contributed by atoms with van der Waals surface area (Å²) in [4.78, 5) is 26.1. The molecule has 0 bridgehead atoms. The van der Waals surface area contributed by atoms with E-state index in [2.05, 4.69) is 17.6 Å². The van der Waals surface area contributed by atoms with E-state index in [0.29, 0.717) is 13.0 Å². The maximum Gasteiger partial charge on any atom is 0.242 e. The predicted octanol–water partition coefficient (Wildman–Crippen LogP) is 1.28. The number of amides is 2. The summed E-state index contributed by atoms with van der Waals surface area (Å²) in [5.41, 5.74) is 0. The van der Waals surface area contributed by atoms with Gasteiger partial charge in [-0.05, 0) is 38.6 Å². The van der Waals surface area contributed by atoms with Crippen molar-refractivity contribution in [3.63, 3.8) is 0 Å². The smallest absolute Gasteiger partial charge is 0.242 e. The first kappa shape index (κ1) is 17.0. The third kappa shape index (κ3) is 5.49. The Kier molecular flexibility index (Phi) is 8.26. The Balaban J connectivity index is 2.40. The van der Waals surface area contributed by atoms with Gasteiger partial charge in [-0.1, -0.05) is 13.8 Å². The third-order valence-corrected chi connectivity index (χ3v) is 3.62. The van der Waals surface area contributed by atoms with Gasteiger partial charge in [0.05, 0.1) is 0 Å². The minimum atomic E-state index is -0.256. The van der Waals surface area contributed by atoms with Crippen LogP contribution in [0.25, 0.3) is 0 Å². The summed E-state index contributed by atoms with van der Waals surface area (Å²) in [5, 5.41) is 6.20. The number of piperidine rings is 1. The average molecular weight is 283 g/mol. The highest BCUT2D eigenvalue weighted by Crippen LogP contribution is 2.18. The number of hydrogen-bond acceptors (Lipinski definition) is 3. The van der Waals surface area contributed by atoms with Gasteiger partial charge in [-0.15, -0.1) is 0 Å². The Morgan fingerprint density at radius 3 is 2.60 bits per heavy atom. The Labute approximate surface area is 122 Å². The average Bonchev–Trinajstić information content (AvgIpc) is 2.47. The lowest BCUT2D eigenvalue weighted by Crippen LogP contribution is -2.52. The zero-order valence-electron chi connectivity index (χ0n) is 12.9. The second kappa shape index (κ2) is 9.75. The van der Waals surface area contributed by atoms with Crippen LogP contribution in [0.15, 0.2) is 0 Å². The summed E-state index contributed by atoms with van der Waals surface area (Å²) in [6.07, 6.45) is 5.31. The largest absolute Gasteiger partial charge is 0.353 e. The maximum absolute atomic E-state index is 12.2. The summed E-state index contributed by atoms with van der Waals surface area (Å²) < 4.78 is 0. The molecule has 1 aliphatic heterocycles. The van der Waals surface area contributed by atoms with Crippen molar-refractivity contribution in [2.45, 2.75) is 58.4 Å². The van der Waals surface area contributed by atoms with Gasteiger partial charge in [0, 0.05) is 26.1 Å². The predicted molar refractivity (Wildman–Crippen MR) is 80.4 cm³/mol. The fourth-order valence-corrected chi connectivity index (χ4v) is 2.55. The first-order chi connectivity index (χ1) is 9.70. The van der Waals surface area contributed by atoms with Crippen molar-refractivity contribution in [2.24, 2.45) is 0 Å². The molecule has 0 saturated carbocycles. The lowest BCUT2D eigenvalue weighted by Gasteiger charge is -2.34. The van der Waals surface area contributed by atoms with Crippen molar-refractivity contribution in [2.75, 3.05) is 26.2 Å². The highest BCUT2D eigenvalue weighted by atomic mass is 16.2. The van der Waals surface area contributed by atoms with Gasteiger partial charge in [0.25, 0.3) is 0 Å². The molecule has 5 heteroatoms. The molecule has 0 aliphatic carbocycles. The molecule has 0 radical (unpaired) electrons.